The summed E-state index contributed by atoms with van der Waals surface area (Å²) >= 11 is 3.34. The molecule has 0 fully saturated rings. The Hall–Kier alpha value is -0.390. The molecule has 0 aliphatic rings. The SMILES string of the molecule is CCCCCCCCCCCC(Br)OS(=O)(=O)c1ccc(C)cc1. The Bertz CT molecular complexity index is 540. The highest BCUT2D eigenvalue weighted by atomic mass is 79.9. The first kappa shape index (κ1) is 21.7. The normalized spacial score (nSPS) is 13.1. The van der Waals surface area contributed by atoms with Gasteiger partial charge in [-0.1, -0.05) is 91.9 Å². The molecule has 1 aromatic carbocycles. The summed E-state index contributed by atoms with van der Waals surface area (Å²) in [5, 5.41) is -0.451. The highest BCUT2D eigenvalue weighted by Gasteiger charge is 2.19. The quantitative estimate of drug-likeness (QED) is 0.213. The van der Waals surface area contributed by atoms with Crippen molar-refractivity contribution in [2.75, 3.05) is 0 Å². The Balaban J connectivity index is 2.17. The van der Waals surface area contributed by atoms with Gasteiger partial charge in [0.15, 0.2) is 0 Å². The van der Waals surface area contributed by atoms with E-state index < -0.39 is 15.1 Å². The van der Waals surface area contributed by atoms with Crippen LogP contribution in [0.15, 0.2) is 29.2 Å². The maximum atomic E-state index is 12.2. The monoisotopic (exact) mass is 418 g/mol. The number of unbranched alkanes of at least 4 members (excludes halogenated alkanes) is 8. The van der Waals surface area contributed by atoms with E-state index in [0.29, 0.717) is 6.42 Å². The summed E-state index contributed by atoms with van der Waals surface area (Å²) in [5.74, 6) is 0. The first-order valence-corrected chi connectivity index (χ1v) is 11.4. The zero-order valence-corrected chi connectivity index (χ0v) is 17.4. The molecule has 0 N–H and O–H groups in total. The molecule has 5 heteroatoms. The number of hydrogen-bond acceptors (Lipinski definition) is 3. The molecule has 0 spiro atoms. The lowest BCUT2D eigenvalue weighted by atomic mass is 10.1. The molecule has 0 saturated carbocycles. The van der Waals surface area contributed by atoms with Crippen LogP contribution in [-0.4, -0.2) is 13.4 Å². The van der Waals surface area contributed by atoms with Gasteiger partial charge in [0.25, 0.3) is 10.1 Å². The van der Waals surface area contributed by atoms with Gasteiger partial charge in [0.1, 0.15) is 5.01 Å². The van der Waals surface area contributed by atoms with E-state index in [2.05, 4.69) is 22.9 Å². The topological polar surface area (TPSA) is 43.4 Å². The molecule has 3 nitrogen and oxygen atoms in total. The standard InChI is InChI=1S/C19H31BrO3S/c1-3-4-5-6-7-8-9-10-11-12-19(20)23-24(21,22)18-15-13-17(2)14-16-18/h13-16,19H,3-12H2,1-2H3. The molecule has 24 heavy (non-hydrogen) atoms. The number of aryl methyl sites for hydroxylation is 1. The van der Waals surface area contributed by atoms with Crippen molar-refractivity contribution in [3.8, 4) is 0 Å². The van der Waals surface area contributed by atoms with Gasteiger partial charge >= 0.3 is 0 Å². The first-order valence-electron chi connectivity index (χ1n) is 9.09. The summed E-state index contributed by atoms with van der Waals surface area (Å²) < 4.78 is 29.5. The molecule has 0 aliphatic carbocycles. The van der Waals surface area contributed by atoms with Crippen LogP contribution < -0.4 is 0 Å². The minimum absolute atomic E-state index is 0.213. The number of halogens is 1. The lowest BCUT2D eigenvalue weighted by molar-refractivity contribution is 0.281. The van der Waals surface area contributed by atoms with E-state index in [-0.39, 0.29) is 4.90 Å². The van der Waals surface area contributed by atoms with Crippen LogP contribution in [0, 0.1) is 6.92 Å². The summed E-state index contributed by atoms with van der Waals surface area (Å²) in [4.78, 5) is 0.213. The van der Waals surface area contributed by atoms with Gasteiger partial charge in [0.2, 0.25) is 0 Å². The number of alkyl halides is 1. The summed E-state index contributed by atoms with van der Waals surface area (Å²) in [7, 11) is -3.68. The van der Waals surface area contributed by atoms with E-state index in [9.17, 15) is 8.42 Å². The van der Waals surface area contributed by atoms with Crippen LogP contribution >= 0.6 is 15.9 Å². The maximum absolute atomic E-state index is 12.2. The molecule has 0 bridgehead atoms. The fraction of sp³-hybridized carbons (Fsp3) is 0.684. The molecule has 0 aliphatic heterocycles. The second-order valence-electron chi connectivity index (χ2n) is 6.39. The number of benzene rings is 1. The van der Waals surface area contributed by atoms with Crippen LogP contribution in [0.25, 0.3) is 0 Å². The van der Waals surface area contributed by atoms with Crippen molar-refractivity contribution in [2.45, 2.75) is 88.0 Å². The zero-order chi connectivity index (χ0) is 17.8. The van der Waals surface area contributed by atoms with Crippen LogP contribution in [0.2, 0.25) is 0 Å². The van der Waals surface area contributed by atoms with E-state index in [4.69, 9.17) is 4.18 Å². The van der Waals surface area contributed by atoms with E-state index in [1.54, 1.807) is 24.3 Å². The minimum Gasteiger partial charge on any atom is -0.251 e. The Morgan fingerprint density at radius 2 is 1.42 bits per heavy atom. The Labute approximate surface area is 156 Å². The van der Waals surface area contributed by atoms with Gasteiger partial charge in [0.05, 0.1) is 4.90 Å². The van der Waals surface area contributed by atoms with Crippen molar-refractivity contribution < 1.29 is 12.6 Å². The van der Waals surface area contributed by atoms with Gasteiger partial charge in [-0.25, -0.2) is 0 Å². The zero-order valence-electron chi connectivity index (χ0n) is 15.0. The summed E-state index contributed by atoms with van der Waals surface area (Å²) in [6.45, 7) is 4.16. The molecule has 0 radical (unpaired) electrons. The predicted molar refractivity (Wildman–Crippen MR) is 104 cm³/mol. The highest BCUT2D eigenvalue weighted by Crippen LogP contribution is 2.21. The van der Waals surface area contributed by atoms with Crippen LogP contribution in [-0.2, 0) is 14.3 Å². The number of hydrogen-bond donors (Lipinski definition) is 0. The van der Waals surface area contributed by atoms with Crippen molar-refractivity contribution in [1.29, 1.82) is 0 Å². The first-order chi connectivity index (χ1) is 11.5. The van der Waals surface area contributed by atoms with E-state index in [1.807, 2.05) is 6.92 Å². The van der Waals surface area contributed by atoms with Crippen LogP contribution in [0.4, 0.5) is 0 Å². The largest absolute Gasteiger partial charge is 0.298 e. The third kappa shape index (κ3) is 9.19. The van der Waals surface area contributed by atoms with Crippen molar-refractivity contribution in [2.24, 2.45) is 0 Å². The lowest BCUT2D eigenvalue weighted by Crippen LogP contribution is -2.13. The fourth-order valence-corrected chi connectivity index (χ4v) is 4.44. The average molecular weight is 419 g/mol. The summed E-state index contributed by atoms with van der Waals surface area (Å²) in [6.07, 6.45) is 12.0. The molecule has 1 atom stereocenters. The van der Waals surface area contributed by atoms with Gasteiger partial charge in [-0.3, -0.25) is 4.18 Å². The number of rotatable bonds is 13. The Morgan fingerprint density at radius 1 is 0.917 bits per heavy atom. The van der Waals surface area contributed by atoms with Crippen molar-refractivity contribution in [3.05, 3.63) is 29.8 Å². The van der Waals surface area contributed by atoms with Crippen LogP contribution in [0.3, 0.4) is 0 Å². The second-order valence-corrected chi connectivity index (χ2v) is 8.98. The van der Waals surface area contributed by atoms with Crippen LogP contribution in [0.1, 0.15) is 76.7 Å². The second kappa shape index (κ2) is 12.0. The minimum atomic E-state index is -3.68. The summed E-state index contributed by atoms with van der Waals surface area (Å²) in [5.41, 5.74) is 1.03. The molecule has 0 amide bonds. The van der Waals surface area contributed by atoms with Crippen LogP contribution in [0.5, 0.6) is 0 Å². The molecule has 1 aromatic rings. The molecule has 1 rings (SSSR count). The highest BCUT2D eigenvalue weighted by molar-refractivity contribution is 9.09. The molecule has 0 heterocycles. The average Bonchev–Trinajstić information content (AvgIpc) is 2.53. The smallest absolute Gasteiger partial charge is 0.251 e. The van der Waals surface area contributed by atoms with Gasteiger partial charge in [-0.2, -0.15) is 8.42 Å². The van der Waals surface area contributed by atoms with E-state index in [0.717, 1.165) is 18.4 Å². The molecular formula is C19H31BrO3S. The summed E-state index contributed by atoms with van der Waals surface area (Å²) in [6, 6.07) is 6.73. The third-order valence-corrected chi connectivity index (χ3v) is 6.30. The van der Waals surface area contributed by atoms with Gasteiger partial charge in [-0.15, -0.1) is 0 Å². The van der Waals surface area contributed by atoms with Gasteiger partial charge in [0, 0.05) is 0 Å². The van der Waals surface area contributed by atoms with E-state index >= 15 is 0 Å². The van der Waals surface area contributed by atoms with Crippen molar-refractivity contribution in [1.82, 2.24) is 0 Å². The van der Waals surface area contributed by atoms with E-state index in [1.165, 1.54) is 44.9 Å². The fourth-order valence-electron chi connectivity index (χ4n) is 2.56. The van der Waals surface area contributed by atoms with Crippen molar-refractivity contribution in [3.63, 3.8) is 0 Å². The molecule has 0 aromatic heterocycles. The lowest BCUT2D eigenvalue weighted by Gasteiger charge is -2.11. The van der Waals surface area contributed by atoms with Gasteiger partial charge < -0.3 is 0 Å². The Kier molecular flexibility index (Phi) is 10.9. The third-order valence-electron chi connectivity index (χ3n) is 4.08. The maximum Gasteiger partial charge on any atom is 0.298 e. The molecular weight excluding hydrogens is 388 g/mol. The Morgan fingerprint density at radius 3 is 1.96 bits per heavy atom. The molecule has 1 unspecified atom stereocenters. The van der Waals surface area contributed by atoms with Crippen molar-refractivity contribution >= 4 is 26.0 Å². The van der Waals surface area contributed by atoms with Gasteiger partial charge in [-0.05, 0) is 31.9 Å². The molecule has 138 valence electrons. The predicted octanol–water partition coefficient (Wildman–Crippen LogP) is 6.34. The molecule has 0 saturated heterocycles.